The van der Waals surface area contributed by atoms with E-state index < -0.39 is 10.0 Å². The predicted octanol–water partition coefficient (Wildman–Crippen LogP) is 3.74. The van der Waals surface area contributed by atoms with E-state index in [1.54, 1.807) is 17.8 Å². The number of hydrogen-bond acceptors (Lipinski definition) is 3. The molecule has 2 aromatic carbocycles. The fourth-order valence-corrected chi connectivity index (χ4v) is 3.87. The number of thioether (sulfide) groups is 1. The van der Waals surface area contributed by atoms with Crippen LogP contribution in [0, 0.1) is 0 Å². The summed E-state index contributed by atoms with van der Waals surface area (Å²) < 4.78 is 27.1. The van der Waals surface area contributed by atoms with E-state index in [2.05, 4.69) is 4.72 Å². The van der Waals surface area contributed by atoms with E-state index >= 15 is 0 Å². The molecule has 3 nitrogen and oxygen atoms in total. The topological polar surface area (TPSA) is 46.2 Å². The van der Waals surface area contributed by atoms with Crippen LogP contribution in [0.4, 0.5) is 5.69 Å². The molecule has 5 heteroatoms. The van der Waals surface area contributed by atoms with Crippen LogP contribution >= 0.6 is 11.8 Å². The lowest BCUT2D eigenvalue weighted by Crippen LogP contribution is -2.15. The average Bonchev–Trinajstić information content (AvgIpc) is 2.41. The van der Waals surface area contributed by atoms with Gasteiger partial charge in [-0.2, -0.15) is 0 Å². The fourth-order valence-electron chi connectivity index (χ4n) is 1.83. The van der Waals surface area contributed by atoms with Crippen LogP contribution in [-0.2, 0) is 15.8 Å². The highest BCUT2D eigenvalue weighted by molar-refractivity contribution is 7.99. The van der Waals surface area contributed by atoms with Crippen LogP contribution in [0.5, 0.6) is 0 Å². The number of nitrogens with one attached hydrogen (secondary N) is 1. The van der Waals surface area contributed by atoms with Crippen LogP contribution in [0.2, 0.25) is 0 Å². The van der Waals surface area contributed by atoms with Gasteiger partial charge in [0.2, 0.25) is 10.0 Å². The summed E-state index contributed by atoms with van der Waals surface area (Å²) in [6.07, 6.45) is 0. The third-order valence-electron chi connectivity index (χ3n) is 2.65. The van der Waals surface area contributed by atoms with Crippen molar-refractivity contribution in [3.05, 3.63) is 60.2 Å². The van der Waals surface area contributed by atoms with Crippen molar-refractivity contribution in [3.8, 4) is 0 Å². The molecule has 0 aliphatic carbocycles. The van der Waals surface area contributed by atoms with Crippen LogP contribution in [0.3, 0.4) is 0 Å². The van der Waals surface area contributed by atoms with E-state index in [1.165, 1.54) is 0 Å². The summed E-state index contributed by atoms with van der Waals surface area (Å²) >= 11 is 1.62. The highest BCUT2D eigenvalue weighted by Crippen LogP contribution is 2.27. The molecule has 20 heavy (non-hydrogen) atoms. The van der Waals surface area contributed by atoms with Gasteiger partial charge in [0.15, 0.2) is 0 Å². The van der Waals surface area contributed by atoms with E-state index in [1.807, 2.05) is 55.5 Å². The first-order valence-corrected chi connectivity index (χ1v) is 9.01. The Morgan fingerprint density at radius 2 is 1.65 bits per heavy atom. The lowest BCUT2D eigenvalue weighted by Gasteiger charge is -2.11. The van der Waals surface area contributed by atoms with Gasteiger partial charge in [0.1, 0.15) is 0 Å². The number of para-hydroxylation sites is 1. The normalized spacial score (nSPS) is 11.2. The zero-order valence-corrected chi connectivity index (χ0v) is 12.9. The third-order valence-corrected chi connectivity index (χ3v) is 4.85. The Morgan fingerprint density at radius 1 is 1.00 bits per heavy atom. The lowest BCUT2D eigenvalue weighted by molar-refractivity contribution is 0.600. The summed E-state index contributed by atoms with van der Waals surface area (Å²) in [5.74, 6) is 0.885. The van der Waals surface area contributed by atoms with Crippen LogP contribution in [0.15, 0.2) is 59.5 Å². The quantitative estimate of drug-likeness (QED) is 0.827. The minimum atomic E-state index is -3.39. The number of benzene rings is 2. The molecule has 106 valence electrons. The van der Waals surface area contributed by atoms with Crippen LogP contribution in [-0.4, -0.2) is 14.2 Å². The molecule has 0 aliphatic heterocycles. The minimum absolute atomic E-state index is 0.0149. The van der Waals surface area contributed by atoms with Gasteiger partial charge < -0.3 is 0 Å². The first-order valence-electron chi connectivity index (χ1n) is 6.37. The molecule has 0 saturated carbocycles. The Labute approximate surface area is 124 Å². The summed E-state index contributed by atoms with van der Waals surface area (Å²) in [6, 6.07) is 16.6. The van der Waals surface area contributed by atoms with Crippen LogP contribution in [0.1, 0.15) is 12.5 Å². The molecule has 0 fully saturated rings. The Hall–Kier alpha value is -1.46. The van der Waals surface area contributed by atoms with Gasteiger partial charge in [-0.1, -0.05) is 49.4 Å². The summed E-state index contributed by atoms with van der Waals surface area (Å²) in [6.45, 7) is 2.04. The van der Waals surface area contributed by atoms with Gasteiger partial charge in [-0.05, 0) is 23.4 Å². The van der Waals surface area contributed by atoms with Crippen molar-refractivity contribution < 1.29 is 8.42 Å². The van der Waals surface area contributed by atoms with Gasteiger partial charge in [0.25, 0.3) is 0 Å². The molecule has 2 rings (SSSR count). The Balaban J connectivity index is 2.16. The van der Waals surface area contributed by atoms with E-state index in [9.17, 15) is 8.42 Å². The van der Waals surface area contributed by atoms with Gasteiger partial charge in [-0.25, -0.2) is 8.42 Å². The zero-order valence-electron chi connectivity index (χ0n) is 11.2. The lowest BCUT2D eigenvalue weighted by atomic mass is 10.2. The van der Waals surface area contributed by atoms with Crippen LogP contribution in [0.25, 0.3) is 0 Å². The van der Waals surface area contributed by atoms with Crippen molar-refractivity contribution in [2.75, 3.05) is 10.5 Å². The Kier molecular flexibility index (Phi) is 5.09. The van der Waals surface area contributed by atoms with Crippen molar-refractivity contribution in [2.24, 2.45) is 0 Å². The molecular formula is C15H17NO2S2. The maximum Gasteiger partial charge on any atom is 0.236 e. The maximum absolute atomic E-state index is 12.2. The molecule has 0 bridgehead atoms. The molecule has 0 heterocycles. The molecule has 0 unspecified atom stereocenters. The predicted molar refractivity (Wildman–Crippen MR) is 85.5 cm³/mol. The van der Waals surface area contributed by atoms with Gasteiger partial charge in [-0.3, -0.25) is 4.72 Å². The number of sulfonamides is 1. The standard InChI is InChI=1S/C15H17NO2S2/c1-2-19-15-11-7-6-10-14(15)16-20(17,18)12-13-8-4-3-5-9-13/h3-11,16H,2,12H2,1H3. The highest BCUT2D eigenvalue weighted by atomic mass is 32.2. The molecule has 1 N–H and O–H groups in total. The molecule has 0 saturated heterocycles. The molecule has 0 aromatic heterocycles. The Bertz CT molecular complexity index is 655. The molecule has 0 atom stereocenters. The fraction of sp³-hybridized carbons (Fsp3) is 0.200. The molecule has 0 spiro atoms. The second-order valence-electron chi connectivity index (χ2n) is 4.28. The van der Waals surface area contributed by atoms with Crippen molar-refractivity contribution in [3.63, 3.8) is 0 Å². The van der Waals surface area contributed by atoms with Crippen LogP contribution < -0.4 is 4.72 Å². The first kappa shape index (κ1) is 14.9. The monoisotopic (exact) mass is 307 g/mol. The smallest absolute Gasteiger partial charge is 0.236 e. The van der Waals surface area contributed by atoms with Crippen molar-refractivity contribution >= 4 is 27.5 Å². The number of hydrogen-bond donors (Lipinski definition) is 1. The van der Waals surface area contributed by atoms with E-state index in [-0.39, 0.29) is 5.75 Å². The summed E-state index contributed by atoms with van der Waals surface area (Å²) in [4.78, 5) is 0.951. The van der Waals surface area contributed by atoms with E-state index in [0.29, 0.717) is 5.69 Å². The second kappa shape index (κ2) is 6.81. The number of rotatable bonds is 6. The van der Waals surface area contributed by atoms with Crippen molar-refractivity contribution in [1.82, 2.24) is 0 Å². The maximum atomic E-state index is 12.2. The molecule has 0 radical (unpaired) electrons. The molecule has 2 aromatic rings. The largest absolute Gasteiger partial charge is 0.282 e. The molecule has 0 amide bonds. The Morgan fingerprint density at radius 3 is 2.35 bits per heavy atom. The number of anilines is 1. The molecule has 0 aliphatic rings. The summed E-state index contributed by atoms with van der Waals surface area (Å²) in [5.41, 5.74) is 1.43. The van der Waals surface area contributed by atoms with Crippen molar-refractivity contribution in [2.45, 2.75) is 17.6 Å². The van der Waals surface area contributed by atoms with Gasteiger partial charge in [0.05, 0.1) is 11.4 Å². The molecular weight excluding hydrogens is 290 g/mol. The summed E-state index contributed by atoms with van der Waals surface area (Å²) in [5, 5.41) is 0. The highest BCUT2D eigenvalue weighted by Gasteiger charge is 2.13. The van der Waals surface area contributed by atoms with E-state index in [0.717, 1.165) is 16.2 Å². The SMILES string of the molecule is CCSc1ccccc1NS(=O)(=O)Cc1ccccc1. The van der Waals surface area contributed by atoms with Gasteiger partial charge in [0, 0.05) is 4.90 Å². The van der Waals surface area contributed by atoms with Crippen molar-refractivity contribution in [1.29, 1.82) is 0 Å². The third kappa shape index (κ3) is 4.28. The first-order chi connectivity index (χ1) is 9.61. The average molecular weight is 307 g/mol. The summed E-state index contributed by atoms with van der Waals surface area (Å²) in [7, 11) is -3.39. The second-order valence-corrected chi connectivity index (χ2v) is 7.30. The zero-order chi connectivity index (χ0) is 14.4. The van der Waals surface area contributed by atoms with Gasteiger partial charge >= 0.3 is 0 Å². The van der Waals surface area contributed by atoms with Gasteiger partial charge in [-0.15, -0.1) is 11.8 Å². The van der Waals surface area contributed by atoms with E-state index in [4.69, 9.17) is 0 Å². The minimum Gasteiger partial charge on any atom is -0.282 e.